The van der Waals surface area contributed by atoms with Crippen LogP contribution in [0.1, 0.15) is 20.7 Å². The average Bonchev–Trinajstić information content (AvgIpc) is 2.69. The van der Waals surface area contributed by atoms with E-state index < -0.39 is 16.8 Å². The van der Waals surface area contributed by atoms with E-state index in [0.29, 0.717) is 32.0 Å². The number of morpholine rings is 1. The Morgan fingerprint density at radius 2 is 1.79 bits per heavy atom. The van der Waals surface area contributed by atoms with Crippen LogP contribution in [0.15, 0.2) is 36.4 Å². The van der Waals surface area contributed by atoms with E-state index in [-0.39, 0.29) is 28.3 Å². The van der Waals surface area contributed by atoms with E-state index in [9.17, 15) is 24.8 Å². The van der Waals surface area contributed by atoms with Crippen molar-refractivity contribution in [1.82, 2.24) is 0 Å². The third-order valence-corrected chi connectivity index (χ3v) is 4.28. The van der Waals surface area contributed by atoms with Crippen molar-refractivity contribution < 1.29 is 29.5 Å². The zero-order valence-electron chi connectivity index (χ0n) is 14.6. The topological polar surface area (TPSA) is 142 Å². The van der Waals surface area contributed by atoms with Crippen LogP contribution in [0.5, 0.6) is 5.75 Å². The molecule has 1 saturated heterocycles. The Morgan fingerprint density at radius 3 is 2.43 bits per heavy atom. The van der Waals surface area contributed by atoms with Crippen molar-refractivity contribution in [2.75, 3.05) is 36.5 Å². The molecular weight excluding hydrogens is 370 g/mol. The molecule has 0 radical (unpaired) electrons. The lowest BCUT2D eigenvalue weighted by molar-refractivity contribution is -0.384. The molecular formula is C18H17N3O7. The number of benzene rings is 2. The summed E-state index contributed by atoms with van der Waals surface area (Å²) in [6.07, 6.45) is 0. The number of nitro benzene ring substituents is 1. The number of carbonyl (C=O) groups excluding carboxylic acids is 1. The summed E-state index contributed by atoms with van der Waals surface area (Å²) in [5.41, 5.74) is -0.0611. The summed E-state index contributed by atoms with van der Waals surface area (Å²) in [6.45, 7) is 1.92. The van der Waals surface area contributed by atoms with E-state index in [2.05, 4.69) is 5.32 Å². The lowest BCUT2D eigenvalue weighted by Crippen LogP contribution is -2.36. The number of nitrogens with one attached hydrogen (secondary N) is 1. The van der Waals surface area contributed by atoms with Crippen molar-refractivity contribution in [2.45, 2.75) is 0 Å². The third-order valence-electron chi connectivity index (χ3n) is 4.28. The number of phenolic OH excluding ortho intramolecular Hbond substituents is 1. The van der Waals surface area contributed by atoms with Crippen LogP contribution in [-0.4, -0.2) is 53.3 Å². The van der Waals surface area contributed by atoms with Crippen LogP contribution < -0.4 is 10.2 Å². The van der Waals surface area contributed by atoms with Gasteiger partial charge in [0.2, 0.25) is 0 Å². The molecule has 0 unspecified atom stereocenters. The Morgan fingerprint density at radius 1 is 1.11 bits per heavy atom. The van der Waals surface area contributed by atoms with Crippen LogP contribution in [0.3, 0.4) is 0 Å². The molecule has 2 aromatic rings. The molecule has 0 spiro atoms. The normalized spacial score (nSPS) is 13.8. The van der Waals surface area contributed by atoms with Gasteiger partial charge >= 0.3 is 5.97 Å². The first-order valence-electron chi connectivity index (χ1n) is 8.35. The molecule has 28 heavy (non-hydrogen) atoms. The van der Waals surface area contributed by atoms with Gasteiger partial charge in [-0.1, -0.05) is 0 Å². The number of hydrogen-bond acceptors (Lipinski definition) is 7. The van der Waals surface area contributed by atoms with Crippen molar-refractivity contribution in [3.05, 3.63) is 57.6 Å². The molecule has 3 N–H and O–H groups in total. The summed E-state index contributed by atoms with van der Waals surface area (Å²) in [6, 6.07) is 7.51. The molecule has 10 nitrogen and oxygen atoms in total. The average molecular weight is 387 g/mol. The quantitative estimate of drug-likeness (QED) is 0.402. The summed E-state index contributed by atoms with van der Waals surface area (Å²) in [7, 11) is 0. The van der Waals surface area contributed by atoms with Gasteiger partial charge in [0, 0.05) is 24.7 Å². The Hall–Kier alpha value is -3.66. The molecule has 0 saturated carbocycles. The standard InChI is InChI=1S/C18H17N3O7/c22-16-4-2-12(18(24)25)9-13(16)19-17(23)11-1-3-14(15(10-11)21(26)27)20-5-7-28-8-6-20/h1-4,9-10,22H,5-8H2,(H,19,23)(H,24,25). The summed E-state index contributed by atoms with van der Waals surface area (Å²) in [5.74, 6) is -2.26. The van der Waals surface area contributed by atoms with E-state index in [1.807, 2.05) is 4.90 Å². The fourth-order valence-electron chi connectivity index (χ4n) is 2.85. The molecule has 1 aliphatic heterocycles. The maximum Gasteiger partial charge on any atom is 0.335 e. The first-order valence-corrected chi connectivity index (χ1v) is 8.35. The summed E-state index contributed by atoms with van der Waals surface area (Å²) in [4.78, 5) is 36.3. The first kappa shape index (κ1) is 19.1. The van der Waals surface area contributed by atoms with Crippen LogP contribution in [-0.2, 0) is 4.74 Å². The van der Waals surface area contributed by atoms with Crippen molar-refractivity contribution >= 4 is 28.9 Å². The predicted molar refractivity (Wildman–Crippen MR) is 99.1 cm³/mol. The minimum Gasteiger partial charge on any atom is -0.506 e. The highest BCUT2D eigenvalue weighted by Crippen LogP contribution is 2.31. The summed E-state index contributed by atoms with van der Waals surface area (Å²) >= 11 is 0. The second-order valence-corrected chi connectivity index (χ2v) is 6.05. The van der Waals surface area contributed by atoms with E-state index >= 15 is 0 Å². The molecule has 0 aromatic heterocycles. The van der Waals surface area contributed by atoms with Gasteiger partial charge in [-0.05, 0) is 30.3 Å². The summed E-state index contributed by atoms with van der Waals surface area (Å²) in [5, 5.41) is 32.7. The second-order valence-electron chi connectivity index (χ2n) is 6.05. The largest absolute Gasteiger partial charge is 0.506 e. The fourth-order valence-corrected chi connectivity index (χ4v) is 2.85. The molecule has 2 aromatic carbocycles. The minimum atomic E-state index is -1.22. The number of carboxylic acid groups (broad SMARTS) is 1. The van der Waals surface area contributed by atoms with Gasteiger partial charge in [0.25, 0.3) is 11.6 Å². The number of aromatic hydroxyl groups is 1. The minimum absolute atomic E-state index is 0.00355. The zero-order valence-corrected chi connectivity index (χ0v) is 14.6. The van der Waals surface area contributed by atoms with Gasteiger partial charge in [0.15, 0.2) is 0 Å². The Labute approximate surface area is 159 Å². The van der Waals surface area contributed by atoms with Crippen LogP contribution in [0.2, 0.25) is 0 Å². The smallest absolute Gasteiger partial charge is 0.335 e. The van der Waals surface area contributed by atoms with Crippen LogP contribution in [0.25, 0.3) is 0 Å². The maximum absolute atomic E-state index is 12.5. The number of aromatic carboxylic acids is 1. The molecule has 146 valence electrons. The van der Waals surface area contributed by atoms with Gasteiger partial charge in [-0.15, -0.1) is 0 Å². The van der Waals surface area contributed by atoms with Gasteiger partial charge in [-0.3, -0.25) is 14.9 Å². The number of carbonyl (C=O) groups is 2. The number of rotatable bonds is 5. The fraction of sp³-hybridized carbons (Fsp3) is 0.222. The van der Waals surface area contributed by atoms with Gasteiger partial charge in [0.1, 0.15) is 11.4 Å². The van der Waals surface area contributed by atoms with E-state index in [4.69, 9.17) is 9.84 Å². The zero-order chi connectivity index (χ0) is 20.3. The molecule has 1 amide bonds. The highest BCUT2D eigenvalue weighted by atomic mass is 16.6. The lowest BCUT2D eigenvalue weighted by atomic mass is 10.1. The number of amides is 1. The monoisotopic (exact) mass is 387 g/mol. The van der Waals surface area contributed by atoms with Crippen LogP contribution in [0.4, 0.5) is 17.1 Å². The highest BCUT2D eigenvalue weighted by molar-refractivity contribution is 6.06. The number of phenols is 1. The molecule has 0 atom stereocenters. The van der Waals surface area contributed by atoms with E-state index in [0.717, 1.165) is 18.2 Å². The number of carboxylic acids is 1. The van der Waals surface area contributed by atoms with Crippen molar-refractivity contribution in [3.8, 4) is 5.75 Å². The molecule has 10 heteroatoms. The second kappa shape index (κ2) is 7.92. The number of nitrogens with zero attached hydrogens (tertiary/aromatic N) is 2. The Bertz CT molecular complexity index is 939. The number of nitro groups is 1. The van der Waals surface area contributed by atoms with Crippen molar-refractivity contribution in [1.29, 1.82) is 0 Å². The molecule has 1 aliphatic rings. The lowest BCUT2D eigenvalue weighted by Gasteiger charge is -2.28. The van der Waals surface area contributed by atoms with E-state index in [1.165, 1.54) is 18.2 Å². The first-order chi connectivity index (χ1) is 13.4. The molecule has 1 fully saturated rings. The number of hydrogen-bond donors (Lipinski definition) is 3. The molecule has 3 rings (SSSR count). The van der Waals surface area contributed by atoms with Crippen LogP contribution >= 0.6 is 0 Å². The molecule has 0 bridgehead atoms. The molecule has 0 aliphatic carbocycles. The van der Waals surface area contributed by atoms with Gasteiger partial charge in [-0.2, -0.15) is 0 Å². The highest BCUT2D eigenvalue weighted by Gasteiger charge is 2.23. The predicted octanol–water partition coefficient (Wildman–Crippen LogP) is 2.09. The maximum atomic E-state index is 12.5. The van der Waals surface area contributed by atoms with Gasteiger partial charge in [-0.25, -0.2) is 4.79 Å². The Balaban J connectivity index is 1.88. The Kier molecular flexibility index (Phi) is 5.41. The number of ether oxygens (including phenoxy) is 1. The van der Waals surface area contributed by atoms with Crippen molar-refractivity contribution in [3.63, 3.8) is 0 Å². The van der Waals surface area contributed by atoms with Gasteiger partial charge in [0.05, 0.1) is 29.4 Å². The van der Waals surface area contributed by atoms with Crippen molar-refractivity contribution in [2.24, 2.45) is 0 Å². The molecule has 1 heterocycles. The van der Waals surface area contributed by atoms with Gasteiger partial charge < -0.3 is 25.2 Å². The SMILES string of the molecule is O=C(O)c1ccc(O)c(NC(=O)c2ccc(N3CCOCC3)c([N+](=O)[O-])c2)c1. The number of anilines is 2. The third kappa shape index (κ3) is 4.01. The van der Waals surface area contributed by atoms with Crippen LogP contribution in [0, 0.1) is 10.1 Å². The van der Waals surface area contributed by atoms with E-state index in [1.54, 1.807) is 0 Å². The summed E-state index contributed by atoms with van der Waals surface area (Å²) < 4.78 is 5.25.